The molecule has 1 unspecified atom stereocenters. The van der Waals surface area contributed by atoms with Gasteiger partial charge in [-0.15, -0.1) is 0 Å². The van der Waals surface area contributed by atoms with Gasteiger partial charge in [0.25, 0.3) is 0 Å². The van der Waals surface area contributed by atoms with Crippen molar-refractivity contribution < 1.29 is 9.47 Å². The van der Waals surface area contributed by atoms with E-state index in [1.165, 1.54) is 6.07 Å². The largest absolute Gasteiger partial charge is 0.472 e. The van der Waals surface area contributed by atoms with Crippen molar-refractivity contribution in [2.75, 3.05) is 24.7 Å². The molecule has 6 heteroatoms. The Morgan fingerprint density at radius 3 is 2.73 bits per heavy atom. The molecule has 0 aliphatic rings. The van der Waals surface area contributed by atoms with Crippen molar-refractivity contribution >= 4 is 11.8 Å². The van der Waals surface area contributed by atoms with Crippen LogP contribution in [0.5, 0.6) is 5.88 Å². The molecule has 84 valence electrons. The Morgan fingerprint density at radius 1 is 1.40 bits per heavy atom. The lowest BCUT2D eigenvalue weighted by atomic mass is 10.4. The fraction of sp³-hybridized carbons (Fsp3) is 0.556. The molecule has 1 atom stereocenters. The summed E-state index contributed by atoms with van der Waals surface area (Å²) in [6.07, 6.45) is -0.0985. The molecule has 0 radical (unpaired) electrons. The highest BCUT2D eigenvalue weighted by Crippen LogP contribution is 2.13. The monoisotopic (exact) mass is 212 g/mol. The predicted octanol–water partition coefficient (Wildman–Crippen LogP) is 0.445. The van der Waals surface area contributed by atoms with Gasteiger partial charge in [0.2, 0.25) is 11.8 Å². The second-order valence-corrected chi connectivity index (χ2v) is 3.08. The molecule has 0 aliphatic heterocycles. The molecule has 15 heavy (non-hydrogen) atoms. The van der Waals surface area contributed by atoms with Crippen LogP contribution in [0.25, 0.3) is 0 Å². The molecule has 0 saturated heterocycles. The highest BCUT2D eigenvalue weighted by atomic mass is 16.5. The smallest absolute Gasteiger partial charge is 0.225 e. The number of anilines is 2. The third-order valence-electron chi connectivity index (χ3n) is 1.62. The van der Waals surface area contributed by atoms with Crippen LogP contribution in [0.2, 0.25) is 0 Å². The third-order valence-corrected chi connectivity index (χ3v) is 1.62. The van der Waals surface area contributed by atoms with Crippen LogP contribution in [-0.4, -0.2) is 29.3 Å². The Morgan fingerprint density at radius 2 is 2.13 bits per heavy atom. The zero-order valence-corrected chi connectivity index (χ0v) is 8.93. The minimum Gasteiger partial charge on any atom is -0.472 e. The number of aromatic nitrogens is 2. The Balaban J connectivity index is 2.56. The van der Waals surface area contributed by atoms with Crippen LogP contribution in [0.15, 0.2) is 6.07 Å². The van der Waals surface area contributed by atoms with Crippen LogP contribution in [0, 0.1) is 0 Å². The number of nitrogens with two attached hydrogens (primary N) is 2. The molecule has 1 heterocycles. The minimum atomic E-state index is -0.0985. The Bertz CT molecular complexity index is 299. The Labute approximate surface area is 88.6 Å². The van der Waals surface area contributed by atoms with Crippen LogP contribution in [-0.2, 0) is 4.74 Å². The van der Waals surface area contributed by atoms with Gasteiger partial charge in [-0.3, -0.25) is 0 Å². The topological polar surface area (TPSA) is 96.3 Å². The van der Waals surface area contributed by atoms with Crippen molar-refractivity contribution in [2.24, 2.45) is 0 Å². The average Bonchev–Trinajstić information content (AvgIpc) is 2.13. The first-order chi connectivity index (χ1) is 7.11. The van der Waals surface area contributed by atoms with Crippen LogP contribution in [0.4, 0.5) is 11.8 Å². The molecule has 0 bridgehead atoms. The van der Waals surface area contributed by atoms with E-state index in [1.54, 1.807) is 0 Å². The lowest BCUT2D eigenvalue weighted by Crippen LogP contribution is -2.20. The summed E-state index contributed by atoms with van der Waals surface area (Å²) < 4.78 is 10.6. The summed E-state index contributed by atoms with van der Waals surface area (Å²) in [4.78, 5) is 7.63. The number of rotatable bonds is 5. The van der Waals surface area contributed by atoms with Gasteiger partial charge < -0.3 is 20.9 Å². The lowest BCUT2D eigenvalue weighted by molar-refractivity contribution is 0.0634. The van der Waals surface area contributed by atoms with Crippen molar-refractivity contribution in [3.05, 3.63) is 6.07 Å². The second kappa shape index (κ2) is 5.35. The molecular weight excluding hydrogens is 196 g/mol. The molecule has 0 saturated carbocycles. The first-order valence-corrected chi connectivity index (χ1v) is 4.76. The standard InChI is InChI=1S/C9H16N4O2/c1-3-14-5-6(2)15-8-4-7(10)12-9(11)13-8/h4,6H,3,5H2,1-2H3,(H4,10,11,12,13). The number of nitrogen functional groups attached to an aromatic ring is 2. The Kier molecular flexibility index (Phi) is 4.11. The fourth-order valence-corrected chi connectivity index (χ4v) is 1.05. The van der Waals surface area contributed by atoms with Gasteiger partial charge in [-0.2, -0.15) is 9.97 Å². The summed E-state index contributed by atoms with van der Waals surface area (Å²) in [7, 11) is 0. The molecule has 4 N–H and O–H groups in total. The van der Waals surface area contributed by atoms with Crippen LogP contribution in [0.1, 0.15) is 13.8 Å². The number of hydrogen-bond acceptors (Lipinski definition) is 6. The molecule has 0 aromatic carbocycles. The molecule has 0 amide bonds. The molecule has 6 nitrogen and oxygen atoms in total. The quantitative estimate of drug-likeness (QED) is 0.735. The van der Waals surface area contributed by atoms with Crippen molar-refractivity contribution in [2.45, 2.75) is 20.0 Å². The molecule has 0 spiro atoms. The van der Waals surface area contributed by atoms with E-state index in [0.717, 1.165) is 0 Å². The van der Waals surface area contributed by atoms with Crippen molar-refractivity contribution in [3.8, 4) is 5.88 Å². The van der Waals surface area contributed by atoms with Gasteiger partial charge in [0, 0.05) is 12.7 Å². The normalized spacial score (nSPS) is 12.4. The molecule has 1 aromatic rings. The first-order valence-electron chi connectivity index (χ1n) is 4.76. The summed E-state index contributed by atoms with van der Waals surface area (Å²) in [6.45, 7) is 4.96. The number of nitrogens with zero attached hydrogens (tertiary/aromatic N) is 2. The average molecular weight is 212 g/mol. The zero-order chi connectivity index (χ0) is 11.3. The van der Waals surface area contributed by atoms with E-state index in [9.17, 15) is 0 Å². The summed E-state index contributed by atoms with van der Waals surface area (Å²) >= 11 is 0. The van der Waals surface area contributed by atoms with Crippen molar-refractivity contribution in [1.29, 1.82) is 0 Å². The second-order valence-electron chi connectivity index (χ2n) is 3.08. The van der Waals surface area contributed by atoms with Crippen molar-refractivity contribution in [1.82, 2.24) is 9.97 Å². The number of hydrogen-bond donors (Lipinski definition) is 2. The summed E-state index contributed by atoms with van der Waals surface area (Å²) in [5, 5.41) is 0. The summed E-state index contributed by atoms with van der Waals surface area (Å²) in [6, 6.07) is 1.53. The molecule has 1 aromatic heterocycles. The predicted molar refractivity (Wildman–Crippen MR) is 57.4 cm³/mol. The molecule has 0 aliphatic carbocycles. The van der Waals surface area contributed by atoms with Gasteiger partial charge in [-0.25, -0.2) is 0 Å². The van der Waals surface area contributed by atoms with Gasteiger partial charge in [0.1, 0.15) is 11.9 Å². The maximum atomic E-state index is 5.49. The lowest BCUT2D eigenvalue weighted by Gasteiger charge is -2.13. The minimum absolute atomic E-state index is 0.0985. The summed E-state index contributed by atoms with van der Waals surface area (Å²) in [5.41, 5.74) is 10.9. The fourth-order valence-electron chi connectivity index (χ4n) is 1.05. The van der Waals surface area contributed by atoms with Crippen LogP contribution >= 0.6 is 0 Å². The maximum Gasteiger partial charge on any atom is 0.225 e. The van der Waals surface area contributed by atoms with E-state index in [0.29, 0.717) is 24.9 Å². The first kappa shape index (κ1) is 11.5. The van der Waals surface area contributed by atoms with E-state index in [1.807, 2.05) is 13.8 Å². The third kappa shape index (κ3) is 3.99. The van der Waals surface area contributed by atoms with E-state index in [4.69, 9.17) is 20.9 Å². The van der Waals surface area contributed by atoms with Gasteiger partial charge in [-0.05, 0) is 13.8 Å². The van der Waals surface area contributed by atoms with E-state index >= 15 is 0 Å². The van der Waals surface area contributed by atoms with E-state index in [2.05, 4.69) is 9.97 Å². The highest BCUT2D eigenvalue weighted by Gasteiger charge is 2.06. The van der Waals surface area contributed by atoms with Gasteiger partial charge in [0.15, 0.2) is 0 Å². The number of ether oxygens (including phenoxy) is 2. The summed E-state index contributed by atoms with van der Waals surface area (Å²) in [5.74, 6) is 0.766. The van der Waals surface area contributed by atoms with Crippen LogP contribution in [0.3, 0.4) is 0 Å². The zero-order valence-electron chi connectivity index (χ0n) is 8.93. The SMILES string of the molecule is CCOCC(C)Oc1cc(N)nc(N)n1. The van der Waals surface area contributed by atoms with Gasteiger partial charge in [-0.1, -0.05) is 0 Å². The highest BCUT2D eigenvalue weighted by molar-refractivity contribution is 5.38. The van der Waals surface area contributed by atoms with Gasteiger partial charge >= 0.3 is 0 Å². The Hall–Kier alpha value is -1.56. The van der Waals surface area contributed by atoms with E-state index in [-0.39, 0.29) is 12.1 Å². The molecule has 0 fully saturated rings. The van der Waals surface area contributed by atoms with Crippen LogP contribution < -0.4 is 16.2 Å². The molecule has 1 rings (SSSR count). The maximum absolute atomic E-state index is 5.49. The molecular formula is C9H16N4O2. The van der Waals surface area contributed by atoms with Gasteiger partial charge in [0.05, 0.1) is 6.61 Å². The van der Waals surface area contributed by atoms with Crippen molar-refractivity contribution in [3.63, 3.8) is 0 Å². The van der Waals surface area contributed by atoms with E-state index < -0.39 is 0 Å².